The zero-order valence-electron chi connectivity index (χ0n) is 14.8. The zero-order valence-corrected chi connectivity index (χ0v) is 14.8. The fourth-order valence-electron chi connectivity index (χ4n) is 3.00. The van der Waals surface area contributed by atoms with Crippen LogP contribution in [0.2, 0.25) is 0 Å². The van der Waals surface area contributed by atoms with E-state index in [4.69, 9.17) is 13.9 Å². The Morgan fingerprint density at radius 1 is 1.22 bits per heavy atom. The molecule has 0 radical (unpaired) electrons. The number of benzene rings is 2. The van der Waals surface area contributed by atoms with Crippen molar-refractivity contribution in [3.8, 4) is 23.0 Å². The van der Waals surface area contributed by atoms with Gasteiger partial charge in [-0.05, 0) is 42.3 Å². The van der Waals surface area contributed by atoms with Crippen LogP contribution >= 0.6 is 0 Å². The molecule has 1 aliphatic rings. The maximum Gasteiger partial charge on any atom is 0.247 e. The summed E-state index contributed by atoms with van der Waals surface area (Å²) in [5.74, 6) is 1.95. The van der Waals surface area contributed by atoms with Crippen molar-refractivity contribution in [2.75, 3.05) is 13.7 Å². The average molecular weight is 365 g/mol. The maximum atomic E-state index is 12.5. The summed E-state index contributed by atoms with van der Waals surface area (Å²) in [6, 6.07) is 15.1. The fraction of sp³-hybridized carbons (Fsp3) is 0.250. The summed E-state index contributed by atoms with van der Waals surface area (Å²) >= 11 is 0. The molecule has 0 saturated carbocycles. The second kappa shape index (κ2) is 7.49. The van der Waals surface area contributed by atoms with E-state index in [0.29, 0.717) is 24.8 Å². The van der Waals surface area contributed by atoms with Crippen molar-refractivity contribution in [2.24, 2.45) is 5.92 Å². The van der Waals surface area contributed by atoms with Gasteiger partial charge in [0.05, 0.1) is 19.6 Å². The first-order valence-corrected chi connectivity index (χ1v) is 8.68. The Hall–Kier alpha value is -3.35. The number of methoxy groups -OCH3 is 1. The maximum absolute atomic E-state index is 12.5. The predicted octanol–water partition coefficient (Wildman–Crippen LogP) is 2.61. The Morgan fingerprint density at radius 3 is 2.89 bits per heavy atom. The van der Waals surface area contributed by atoms with Crippen LogP contribution in [0.1, 0.15) is 11.5 Å². The third-order valence-corrected chi connectivity index (χ3v) is 4.45. The average Bonchev–Trinajstić information content (AvgIpc) is 3.21. The van der Waals surface area contributed by atoms with E-state index >= 15 is 0 Å². The third-order valence-electron chi connectivity index (χ3n) is 4.45. The summed E-state index contributed by atoms with van der Waals surface area (Å²) in [7, 11) is 1.61. The summed E-state index contributed by atoms with van der Waals surface area (Å²) in [5.41, 5.74) is 1.80. The molecule has 1 unspecified atom stereocenters. The van der Waals surface area contributed by atoms with Crippen LogP contribution in [0.25, 0.3) is 11.5 Å². The smallest absolute Gasteiger partial charge is 0.247 e. The largest absolute Gasteiger partial charge is 0.497 e. The van der Waals surface area contributed by atoms with E-state index in [1.807, 2.05) is 48.5 Å². The van der Waals surface area contributed by atoms with Crippen molar-refractivity contribution < 1.29 is 18.7 Å². The number of nitrogens with zero attached hydrogens (tertiary/aromatic N) is 2. The zero-order chi connectivity index (χ0) is 18.6. The van der Waals surface area contributed by atoms with Gasteiger partial charge in [-0.25, -0.2) is 0 Å². The summed E-state index contributed by atoms with van der Waals surface area (Å²) in [6.45, 7) is 0.518. The molecule has 27 heavy (non-hydrogen) atoms. The molecule has 2 heterocycles. The molecule has 0 saturated heterocycles. The molecular formula is C20H19N3O4. The molecule has 2 aromatic carbocycles. The predicted molar refractivity (Wildman–Crippen MR) is 97.3 cm³/mol. The molecule has 1 atom stereocenters. The molecule has 3 aromatic rings. The quantitative estimate of drug-likeness (QED) is 0.748. The lowest BCUT2D eigenvalue weighted by Gasteiger charge is -2.24. The van der Waals surface area contributed by atoms with Gasteiger partial charge in [-0.3, -0.25) is 4.79 Å². The highest BCUT2D eigenvalue weighted by Crippen LogP contribution is 2.30. The minimum absolute atomic E-state index is 0.108. The number of amides is 1. The van der Waals surface area contributed by atoms with Gasteiger partial charge in [0.15, 0.2) is 0 Å². The van der Waals surface area contributed by atoms with Gasteiger partial charge in [0.1, 0.15) is 18.1 Å². The number of hydrogen-bond donors (Lipinski definition) is 1. The fourth-order valence-corrected chi connectivity index (χ4v) is 3.00. The van der Waals surface area contributed by atoms with Crippen molar-refractivity contribution in [1.82, 2.24) is 15.5 Å². The Morgan fingerprint density at radius 2 is 2.07 bits per heavy atom. The van der Waals surface area contributed by atoms with Crippen molar-refractivity contribution in [3.63, 3.8) is 0 Å². The van der Waals surface area contributed by atoms with Gasteiger partial charge in [-0.15, -0.1) is 10.2 Å². The van der Waals surface area contributed by atoms with Crippen LogP contribution in [0, 0.1) is 5.92 Å². The molecule has 7 heteroatoms. The van der Waals surface area contributed by atoms with Crippen LogP contribution < -0.4 is 14.8 Å². The second-order valence-electron chi connectivity index (χ2n) is 6.27. The van der Waals surface area contributed by atoms with E-state index in [-0.39, 0.29) is 18.4 Å². The Labute approximate surface area is 156 Å². The standard InChI is InChI=1S/C20H19N3O4/c1-25-16-7-8-17-14(10-16)9-15(12-26-17)19(24)21-11-18-22-23-20(27-18)13-5-3-2-4-6-13/h2-8,10,15H,9,11-12H2,1H3,(H,21,24). The topological polar surface area (TPSA) is 86.5 Å². The molecular weight excluding hydrogens is 346 g/mol. The van der Waals surface area contributed by atoms with Crippen molar-refractivity contribution in [1.29, 1.82) is 0 Å². The van der Waals surface area contributed by atoms with Crippen LogP contribution in [0.3, 0.4) is 0 Å². The number of carbonyl (C=O) groups is 1. The van der Waals surface area contributed by atoms with E-state index in [9.17, 15) is 4.79 Å². The van der Waals surface area contributed by atoms with E-state index in [1.165, 1.54) is 0 Å². The number of hydrogen-bond acceptors (Lipinski definition) is 6. The molecule has 7 nitrogen and oxygen atoms in total. The Bertz CT molecular complexity index is 939. The molecule has 138 valence electrons. The van der Waals surface area contributed by atoms with Gasteiger partial charge in [0, 0.05) is 5.56 Å². The Kier molecular flexibility index (Phi) is 4.74. The van der Waals surface area contributed by atoms with Crippen LogP contribution in [-0.2, 0) is 17.8 Å². The monoisotopic (exact) mass is 365 g/mol. The molecule has 1 aliphatic heterocycles. The van der Waals surface area contributed by atoms with Crippen molar-refractivity contribution in [3.05, 3.63) is 60.0 Å². The lowest BCUT2D eigenvalue weighted by molar-refractivity contribution is -0.126. The number of carbonyl (C=O) groups excluding carboxylic acids is 1. The van der Waals surface area contributed by atoms with Gasteiger partial charge in [0.25, 0.3) is 0 Å². The van der Waals surface area contributed by atoms with E-state index in [1.54, 1.807) is 7.11 Å². The molecule has 1 aromatic heterocycles. The number of rotatable bonds is 5. The first-order chi connectivity index (χ1) is 13.2. The van der Waals surface area contributed by atoms with Crippen molar-refractivity contribution in [2.45, 2.75) is 13.0 Å². The molecule has 0 fully saturated rings. The SMILES string of the molecule is COc1ccc2c(c1)CC(C(=O)NCc1nnc(-c3ccccc3)o1)CO2. The summed E-state index contributed by atoms with van der Waals surface area (Å²) in [4.78, 5) is 12.5. The van der Waals surface area contributed by atoms with Gasteiger partial charge in [-0.2, -0.15) is 0 Å². The molecule has 0 aliphatic carbocycles. The minimum atomic E-state index is -0.277. The minimum Gasteiger partial charge on any atom is -0.497 e. The lowest BCUT2D eigenvalue weighted by Crippen LogP contribution is -2.37. The normalized spacial score (nSPS) is 15.5. The van der Waals surface area contributed by atoms with Crippen LogP contribution in [0.5, 0.6) is 11.5 Å². The summed E-state index contributed by atoms with van der Waals surface area (Å²) in [6.07, 6.45) is 0.595. The highest BCUT2D eigenvalue weighted by Gasteiger charge is 2.26. The van der Waals surface area contributed by atoms with Crippen molar-refractivity contribution >= 4 is 5.91 Å². The summed E-state index contributed by atoms with van der Waals surface area (Å²) < 4.78 is 16.5. The van der Waals surface area contributed by atoms with Crippen LogP contribution in [0.15, 0.2) is 52.9 Å². The third kappa shape index (κ3) is 3.76. The van der Waals surface area contributed by atoms with Gasteiger partial charge in [0.2, 0.25) is 17.7 Å². The molecule has 1 amide bonds. The van der Waals surface area contributed by atoms with E-state index in [0.717, 1.165) is 22.6 Å². The van der Waals surface area contributed by atoms with Gasteiger partial charge >= 0.3 is 0 Å². The number of aromatic nitrogens is 2. The van der Waals surface area contributed by atoms with E-state index < -0.39 is 0 Å². The number of ether oxygens (including phenoxy) is 2. The summed E-state index contributed by atoms with van der Waals surface area (Å²) in [5, 5.41) is 10.9. The highest BCUT2D eigenvalue weighted by atomic mass is 16.5. The molecule has 0 spiro atoms. The lowest BCUT2D eigenvalue weighted by atomic mass is 9.96. The van der Waals surface area contributed by atoms with Crippen LogP contribution in [-0.4, -0.2) is 29.8 Å². The molecule has 0 bridgehead atoms. The van der Waals surface area contributed by atoms with Crippen LogP contribution in [0.4, 0.5) is 0 Å². The van der Waals surface area contributed by atoms with E-state index in [2.05, 4.69) is 15.5 Å². The highest BCUT2D eigenvalue weighted by molar-refractivity contribution is 5.79. The number of nitrogens with one attached hydrogen (secondary N) is 1. The number of fused-ring (bicyclic) bond motifs is 1. The van der Waals surface area contributed by atoms with Gasteiger partial charge in [-0.1, -0.05) is 18.2 Å². The second-order valence-corrected chi connectivity index (χ2v) is 6.27. The van der Waals surface area contributed by atoms with Gasteiger partial charge < -0.3 is 19.2 Å². The first kappa shape index (κ1) is 17.1. The molecule has 1 N–H and O–H groups in total. The first-order valence-electron chi connectivity index (χ1n) is 8.68. The Balaban J connectivity index is 1.37. The molecule has 4 rings (SSSR count).